The van der Waals surface area contributed by atoms with Gasteiger partial charge in [-0.1, -0.05) is 30.7 Å². The zero-order valence-corrected chi connectivity index (χ0v) is 33.4. The number of carbonyl (C=O) groups excluding carboxylic acids is 1. The number of aryl methyl sites for hydroxylation is 1. The molecule has 0 bridgehead atoms. The van der Waals surface area contributed by atoms with Gasteiger partial charge in [0.25, 0.3) is 0 Å². The van der Waals surface area contributed by atoms with Gasteiger partial charge in [0.15, 0.2) is 12.0 Å². The minimum absolute atomic E-state index is 0.165. The van der Waals surface area contributed by atoms with Crippen LogP contribution in [-0.4, -0.2) is 98.2 Å². The fourth-order valence-electron chi connectivity index (χ4n) is 8.95. The van der Waals surface area contributed by atoms with Crippen LogP contribution in [0.5, 0.6) is 0 Å². The van der Waals surface area contributed by atoms with Gasteiger partial charge in [-0.15, -0.1) is 0 Å². The van der Waals surface area contributed by atoms with Crippen molar-refractivity contribution in [3.63, 3.8) is 0 Å². The molecule has 13 heteroatoms. The highest BCUT2D eigenvalue weighted by Gasteiger charge is 2.40. The highest BCUT2D eigenvalue weighted by molar-refractivity contribution is 6.35. The van der Waals surface area contributed by atoms with Crippen LogP contribution < -0.4 is 10.2 Å². The van der Waals surface area contributed by atoms with Crippen molar-refractivity contribution in [2.75, 3.05) is 43.0 Å². The molecule has 5 atom stereocenters. The van der Waals surface area contributed by atoms with Crippen molar-refractivity contribution in [2.45, 2.75) is 123 Å². The third kappa shape index (κ3) is 7.09. The zero-order valence-electron chi connectivity index (χ0n) is 32.7. The Balaban J connectivity index is 1.21. The van der Waals surface area contributed by atoms with E-state index >= 15 is 4.39 Å². The van der Waals surface area contributed by atoms with Crippen molar-refractivity contribution in [3.8, 4) is 11.1 Å². The zero-order chi connectivity index (χ0) is 38.1. The second-order valence-electron chi connectivity index (χ2n) is 17.1. The van der Waals surface area contributed by atoms with Crippen LogP contribution in [0.3, 0.4) is 0 Å². The first kappa shape index (κ1) is 37.2. The Morgan fingerprint density at radius 2 is 1.76 bits per heavy atom. The molecule has 3 aliphatic heterocycles. The average molecular weight is 761 g/mol. The molecule has 2 aromatic heterocycles. The number of hydrogen-bond acceptors (Lipinski definition) is 9. The topological polar surface area (TPSA) is 101 Å². The summed E-state index contributed by atoms with van der Waals surface area (Å²) in [5.74, 6) is 1.27. The van der Waals surface area contributed by atoms with Crippen LogP contribution >= 0.6 is 11.6 Å². The fourth-order valence-corrected chi connectivity index (χ4v) is 9.23. The van der Waals surface area contributed by atoms with Gasteiger partial charge in [-0.25, -0.2) is 18.9 Å². The number of fused-ring (bicyclic) bond motifs is 2. The first-order chi connectivity index (χ1) is 25.8. The lowest BCUT2D eigenvalue weighted by atomic mass is 9.95. The Morgan fingerprint density at radius 3 is 2.41 bits per heavy atom. The Bertz CT molecular complexity index is 2040. The number of carbonyl (C=O) groups is 1. The van der Waals surface area contributed by atoms with Gasteiger partial charge in [0, 0.05) is 66.8 Å². The standard InChI is InChI=1S/C41H54ClFN8O3/c1-23-11-12-27-20-44-51(32-10-8-9-17-53-32)37(27)33(23)34-30(42)19-29-36(35(34)43)46-39(45-28-13-15-48(16-14-28)31-18-24(31)2)47-38(29)49-21-25(3)50(26(4)22-49)40(52)54-41(5,6)7/h11-12,19-20,24-26,28,31-32H,8-10,13-18,21-22H2,1-7H3,(H,45,46,47)/t24?,25-,26+,31?,32?. The van der Waals surface area contributed by atoms with E-state index in [1.165, 1.54) is 6.42 Å². The summed E-state index contributed by atoms with van der Waals surface area (Å²) in [6, 6.07) is 6.30. The minimum Gasteiger partial charge on any atom is -0.444 e. The summed E-state index contributed by atoms with van der Waals surface area (Å²) in [7, 11) is 0. The molecule has 1 N–H and O–H groups in total. The maximum absolute atomic E-state index is 17.6. The van der Waals surface area contributed by atoms with E-state index in [9.17, 15) is 4.79 Å². The number of nitrogens with zero attached hydrogens (tertiary/aromatic N) is 7. The summed E-state index contributed by atoms with van der Waals surface area (Å²) >= 11 is 7.20. The molecule has 3 saturated heterocycles. The summed E-state index contributed by atoms with van der Waals surface area (Å²) in [5, 5.41) is 10.1. The Hall–Kier alpha value is -3.74. The number of halogens is 2. The van der Waals surface area contributed by atoms with Crippen molar-refractivity contribution in [2.24, 2.45) is 5.92 Å². The first-order valence-electron chi connectivity index (χ1n) is 19.8. The highest BCUT2D eigenvalue weighted by Crippen LogP contribution is 2.44. The smallest absolute Gasteiger partial charge is 0.410 e. The van der Waals surface area contributed by atoms with E-state index in [1.54, 1.807) is 4.90 Å². The molecule has 290 valence electrons. The summed E-state index contributed by atoms with van der Waals surface area (Å²) in [5.41, 5.74) is 2.26. The molecule has 8 rings (SSSR count). The number of aromatic nitrogens is 4. The molecule has 0 spiro atoms. The van der Waals surface area contributed by atoms with Crippen molar-refractivity contribution < 1.29 is 18.7 Å². The molecule has 5 heterocycles. The van der Waals surface area contributed by atoms with E-state index < -0.39 is 11.4 Å². The van der Waals surface area contributed by atoms with Gasteiger partial charge in [-0.2, -0.15) is 10.1 Å². The molecule has 11 nitrogen and oxygen atoms in total. The Kier molecular flexibility index (Phi) is 9.92. The Morgan fingerprint density at radius 1 is 1.04 bits per heavy atom. The van der Waals surface area contributed by atoms with Crippen LogP contribution in [0.2, 0.25) is 5.02 Å². The summed E-state index contributed by atoms with van der Waals surface area (Å²) in [4.78, 5) is 29.9. The Labute approximate surface area is 322 Å². The molecule has 2 aromatic carbocycles. The number of benzene rings is 2. The maximum atomic E-state index is 17.6. The summed E-state index contributed by atoms with van der Waals surface area (Å²) in [6.45, 7) is 17.6. The van der Waals surface area contributed by atoms with Gasteiger partial charge in [-0.3, -0.25) is 9.80 Å². The van der Waals surface area contributed by atoms with Crippen molar-refractivity contribution >= 4 is 51.3 Å². The van der Waals surface area contributed by atoms with Gasteiger partial charge < -0.3 is 19.7 Å². The highest BCUT2D eigenvalue weighted by atomic mass is 35.5. The molecule has 4 aliphatic rings. The van der Waals surface area contributed by atoms with Crippen LogP contribution in [-0.2, 0) is 9.47 Å². The van der Waals surface area contributed by atoms with Crippen LogP contribution in [0.25, 0.3) is 32.9 Å². The molecule has 4 aromatic rings. The average Bonchev–Trinajstić information content (AvgIpc) is 3.69. The second kappa shape index (κ2) is 14.4. The second-order valence-corrected chi connectivity index (χ2v) is 17.6. The number of rotatable bonds is 6. The number of anilines is 2. The quantitative estimate of drug-likeness (QED) is 0.207. The van der Waals surface area contributed by atoms with E-state index in [0.717, 1.165) is 67.6 Å². The number of piperazine rings is 1. The minimum atomic E-state index is -0.611. The van der Waals surface area contributed by atoms with Gasteiger partial charge in [0.1, 0.15) is 16.9 Å². The lowest BCUT2D eigenvalue weighted by Gasteiger charge is -2.45. The van der Waals surface area contributed by atoms with Crippen molar-refractivity contribution in [3.05, 3.63) is 40.8 Å². The largest absolute Gasteiger partial charge is 0.444 e. The molecular weight excluding hydrogens is 707 g/mol. The number of likely N-dealkylation sites (tertiary alicyclic amines) is 1. The number of amides is 1. The van der Waals surface area contributed by atoms with E-state index in [0.29, 0.717) is 54.0 Å². The van der Waals surface area contributed by atoms with Gasteiger partial charge in [-0.05, 0) is 97.6 Å². The van der Waals surface area contributed by atoms with Gasteiger partial charge in [0.05, 0.1) is 28.8 Å². The SMILES string of the molecule is Cc1ccc2cnn(C3CCCCO3)c2c1-c1c(Cl)cc2c(N3C[C@@H](C)N(C(=O)OC(C)(C)C)[C@@H](C)C3)nc(NC3CCN(C4CC4C)CC3)nc2c1F. The van der Waals surface area contributed by atoms with Crippen LogP contribution in [0.15, 0.2) is 24.4 Å². The van der Waals surface area contributed by atoms with Crippen molar-refractivity contribution in [1.29, 1.82) is 0 Å². The number of piperidine rings is 1. The third-order valence-corrected chi connectivity index (χ3v) is 12.0. The van der Waals surface area contributed by atoms with E-state index in [4.69, 9.17) is 36.1 Å². The maximum Gasteiger partial charge on any atom is 0.410 e. The molecule has 1 aliphatic carbocycles. The summed E-state index contributed by atoms with van der Waals surface area (Å²) in [6.07, 6.45) is 7.33. The molecule has 54 heavy (non-hydrogen) atoms. The molecule has 4 fully saturated rings. The van der Waals surface area contributed by atoms with Gasteiger partial charge in [0.2, 0.25) is 5.95 Å². The normalized spacial score (nSPS) is 25.8. The van der Waals surface area contributed by atoms with Crippen LogP contribution in [0, 0.1) is 18.7 Å². The van der Waals surface area contributed by atoms with Crippen LogP contribution in [0.4, 0.5) is 21.0 Å². The molecular formula is C41H54ClFN8O3. The molecule has 1 amide bonds. The number of hydrogen-bond donors (Lipinski definition) is 1. The monoisotopic (exact) mass is 760 g/mol. The van der Waals surface area contributed by atoms with E-state index in [1.807, 2.05) is 70.6 Å². The number of ether oxygens (including phenoxy) is 2. The first-order valence-corrected chi connectivity index (χ1v) is 20.2. The third-order valence-electron chi connectivity index (χ3n) is 11.7. The molecule has 1 saturated carbocycles. The van der Waals surface area contributed by atoms with Crippen molar-refractivity contribution in [1.82, 2.24) is 29.5 Å². The molecule has 0 radical (unpaired) electrons. The number of nitrogens with one attached hydrogen (secondary N) is 1. The lowest BCUT2D eigenvalue weighted by molar-refractivity contribution is -0.0366. The van der Waals surface area contributed by atoms with E-state index in [2.05, 4.69) is 22.0 Å². The van der Waals surface area contributed by atoms with E-state index in [-0.39, 0.29) is 41.0 Å². The summed E-state index contributed by atoms with van der Waals surface area (Å²) < 4.78 is 31.5. The lowest BCUT2D eigenvalue weighted by Crippen LogP contribution is -2.59. The predicted octanol–water partition coefficient (Wildman–Crippen LogP) is 8.57. The fraction of sp³-hybridized carbons (Fsp3) is 0.610. The van der Waals surface area contributed by atoms with Crippen LogP contribution in [0.1, 0.15) is 91.9 Å². The molecule has 3 unspecified atom stereocenters. The van der Waals surface area contributed by atoms with Gasteiger partial charge >= 0.3 is 6.09 Å². The predicted molar refractivity (Wildman–Crippen MR) is 212 cm³/mol.